The van der Waals surface area contributed by atoms with Gasteiger partial charge in [0.1, 0.15) is 11.5 Å². The fourth-order valence-electron chi connectivity index (χ4n) is 2.45. The van der Waals surface area contributed by atoms with E-state index in [4.69, 9.17) is 9.47 Å². The van der Waals surface area contributed by atoms with Crippen molar-refractivity contribution in [3.63, 3.8) is 0 Å². The molecule has 0 bridgehead atoms. The van der Waals surface area contributed by atoms with Gasteiger partial charge in [-0.25, -0.2) is 0 Å². The molecule has 0 heterocycles. The van der Waals surface area contributed by atoms with Crippen molar-refractivity contribution < 1.29 is 9.47 Å². The molecule has 0 aliphatic heterocycles. The van der Waals surface area contributed by atoms with Crippen LogP contribution in [0.3, 0.4) is 0 Å². The fourth-order valence-corrected chi connectivity index (χ4v) is 2.45. The second kappa shape index (κ2) is 7.04. The van der Waals surface area contributed by atoms with Gasteiger partial charge in [0, 0.05) is 0 Å². The van der Waals surface area contributed by atoms with Crippen molar-refractivity contribution >= 4 is 22.2 Å². The first-order valence-corrected chi connectivity index (χ1v) is 7.72. The minimum absolute atomic E-state index is 0.825. The molecule has 0 atom stereocenters. The monoisotopic (exact) mass is 320 g/mol. The predicted molar refractivity (Wildman–Crippen MR) is 99.3 cm³/mol. The first kappa shape index (κ1) is 15.9. The molecule has 0 saturated heterocycles. The summed E-state index contributed by atoms with van der Waals surface area (Å²) in [6.07, 6.45) is 0. The largest absolute Gasteiger partial charge is 0.497 e. The Bertz CT molecular complexity index is 870. The number of hydrogen-bond donors (Lipinski definition) is 1. The maximum atomic E-state index is 5.26. The van der Waals surface area contributed by atoms with Crippen LogP contribution in [0.2, 0.25) is 0 Å². The number of nitrogens with one attached hydrogen (secondary N) is 1. The summed E-state index contributed by atoms with van der Waals surface area (Å²) in [5, 5.41) is 6.77. The summed E-state index contributed by atoms with van der Waals surface area (Å²) >= 11 is 0. The molecule has 4 nitrogen and oxygen atoms in total. The number of hydrogen-bond acceptors (Lipinski definition) is 4. The third-order valence-corrected chi connectivity index (χ3v) is 3.91. The number of nitrogens with zero attached hydrogens (tertiary/aromatic N) is 1. The molecular formula is C20H20N2O2. The second-order valence-corrected chi connectivity index (χ2v) is 5.47. The molecule has 0 saturated carbocycles. The molecule has 3 aromatic carbocycles. The van der Waals surface area contributed by atoms with Gasteiger partial charge >= 0.3 is 0 Å². The summed E-state index contributed by atoms with van der Waals surface area (Å²) in [4.78, 5) is 0. The number of anilines is 1. The van der Waals surface area contributed by atoms with E-state index in [0.717, 1.165) is 39.2 Å². The smallest absolute Gasteiger partial charge is 0.119 e. The summed E-state index contributed by atoms with van der Waals surface area (Å²) in [5.74, 6) is 1.69. The summed E-state index contributed by atoms with van der Waals surface area (Å²) in [7, 11) is 3.33. The number of methoxy groups -OCH3 is 2. The van der Waals surface area contributed by atoms with Crippen LogP contribution in [-0.4, -0.2) is 19.9 Å². The van der Waals surface area contributed by atoms with E-state index in [1.165, 1.54) is 0 Å². The van der Waals surface area contributed by atoms with E-state index >= 15 is 0 Å². The topological polar surface area (TPSA) is 42.8 Å². The van der Waals surface area contributed by atoms with Gasteiger partial charge in [-0.2, -0.15) is 5.10 Å². The molecule has 0 aliphatic carbocycles. The van der Waals surface area contributed by atoms with Gasteiger partial charge in [0.25, 0.3) is 0 Å². The SMILES string of the molecule is COc1ccc(NN=C(C)c2ccc3cc(OC)ccc3c2)cc1. The third-order valence-electron chi connectivity index (χ3n) is 3.91. The Morgan fingerprint density at radius 3 is 2.12 bits per heavy atom. The third kappa shape index (κ3) is 3.49. The first-order valence-electron chi connectivity index (χ1n) is 7.72. The lowest BCUT2D eigenvalue weighted by molar-refractivity contribution is 0.415. The van der Waals surface area contributed by atoms with E-state index in [-0.39, 0.29) is 0 Å². The Morgan fingerprint density at radius 2 is 1.42 bits per heavy atom. The average Bonchev–Trinajstić information content (AvgIpc) is 2.65. The van der Waals surface area contributed by atoms with Crippen molar-refractivity contribution in [1.29, 1.82) is 0 Å². The summed E-state index contributed by atoms with van der Waals surface area (Å²) in [6.45, 7) is 1.99. The zero-order chi connectivity index (χ0) is 16.9. The van der Waals surface area contributed by atoms with Gasteiger partial charge < -0.3 is 9.47 Å². The quantitative estimate of drug-likeness (QED) is 0.547. The maximum Gasteiger partial charge on any atom is 0.119 e. The van der Waals surface area contributed by atoms with Crippen molar-refractivity contribution in [2.24, 2.45) is 5.10 Å². The summed E-state index contributed by atoms with van der Waals surface area (Å²) in [6, 6.07) is 20.0. The lowest BCUT2D eigenvalue weighted by Crippen LogP contribution is -1.99. The van der Waals surface area contributed by atoms with Crippen molar-refractivity contribution in [1.82, 2.24) is 0 Å². The van der Waals surface area contributed by atoms with Gasteiger partial charge in [0.05, 0.1) is 25.6 Å². The molecule has 0 aromatic heterocycles. The molecular weight excluding hydrogens is 300 g/mol. The Labute approximate surface area is 141 Å². The molecule has 0 amide bonds. The number of ether oxygens (including phenoxy) is 2. The Hall–Kier alpha value is -3.01. The number of benzene rings is 3. The summed E-state index contributed by atoms with van der Waals surface area (Å²) in [5.41, 5.74) is 5.99. The zero-order valence-corrected chi connectivity index (χ0v) is 14.0. The van der Waals surface area contributed by atoms with Crippen LogP contribution in [0.1, 0.15) is 12.5 Å². The lowest BCUT2D eigenvalue weighted by Gasteiger charge is -2.07. The number of fused-ring (bicyclic) bond motifs is 1. The Morgan fingerprint density at radius 1 is 0.792 bits per heavy atom. The molecule has 0 spiro atoms. The predicted octanol–water partition coefficient (Wildman–Crippen LogP) is 4.69. The molecule has 0 fully saturated rings. The maximum absolute atomic E-state index is 5.26. The lowest BCUT2D eigenvalue weighted by atomic mass is 10.0. The van der Waals surface area contributed by atoms with Crippen LogP contribution in [0.25, 0.3) is 10.8 Å². The highest BCUT2D eigenvalue weighted by Gasteiger charge is 2.02. The number of rotatable bonds is 5. The van der Waals surface area contributed by atoms with E-state index in [1.807, 2.05) is 43.3 Å². The Balaban J connectivity index is 1.80. The van der Waals surface area contributed by atoms with Crippen molar-refractivity contribution in [2.75, 3.05) is 19.6 Å². The highest BCUT2D eigenvalue weighted by atomic mass is 16.5. The zero-order valence-electron chi connectivity index (χ0n) is 14.0. The Kier molecular flexibility index (Phi) is 4.66. The first-order chi connectivity index (χ1) is 11.7. The van der Waals surface area contributed by atoms with Crippen LogP contribution in [0.15, 0.2) is 65.8 Å². The van der Waals surface area contributed by atoms with Gasteiger partial charge in [0.2, 0.25) is 0 Å². The molecule has 4 heteroatoms. The van der Waals surface area contributed by atoms with E-state index in [9.17, 15) is 0 Å². The van der Waals surface area contributed by atoms with Gasteiger partial charge in [0.15, 0.2) is 0 Å². The van der Waals surface area contributed by atoms with Gasteiger partial charge in [-0.05, 0) is 65.7 Å². The second-order valence-electron chi connectivity index (χ2n) is 5.47. The van der Waals surface area contributed by atoms with Crippen LogP contribution in [0, 0.1) is 0 Å². The van der Waals surface area contributed by atoms with Crippen LogP contribution in [0.5, 0.6) is 11.5 Å². The molecule has 122 valence electrons. The van der Waals surface area contributed by atoms with Crippen molar-refractivity contribution in [3.8, 4) is 11.5 Å². The molecule has 3 aromatic rings. The molecule has 0 radical (unpaired) electrons. The standard InChI is InChI=1S/C20H20N2O2/c1-14(21-22-18-7-10-19(23-2)11-8-18)15-4-5-17-13-20(24-3)9-6-16(17)12-15/h4-13,22H,1-3H3. The van der Waals surface area contributed by atoms with Crippen LogP contribution in [-0.2, 0) is 0 Å². The van der Waals surface area contributed by atoms with E-state index < -0.39 is 0 Å². The molecule has 24 heavy (non-hydrogen) atoms. The average molecular weight is 320 g/mol. The van der Waals surface area contributed by atoms with E-state index in [0.29, 0.717) is 0 Å². The van der Waals surface area contributed by atoms with Gasteiger partial charge in [-0.1, -0.05) is 18.2 Å². The molecule has 1 N–H and O–H groups in total. The highest BCUT2D eigenvalue weighted by molar-refractivity contribution is 6.02. The van der Waals surface area contributed by atoms with Gasteiger partial charge in [-0.15, -0.1) is 0 Å². The molecule has 0 unspecified atom stereocenters. The van der Waals surface area contributed by atoms with Crippen LogP contribution in [0.4, 0.5) is 5.69 Å². The fraction of sp³-hybridized carbons (Fsp3) is 0.150. The summed E-state index contributed by atoms with van der Waals surface area (Å²) < 4.78 is 10.4. The van der Waals surface area contributed by atoms with Gasteiger partial charge in [-0.3, -0.25) is 5.43 Å². The van der Waals surface area contributed by atoms with E-state index in [2.05, 4.69) is 34.8 Å². The molecule has 3 rings (SSSR count). The highest BCUT2D eigenvalue weighted by Crippen LogP contribution is 2.22. The van der Waals surface area contributed by atoms with E-state index in [1.54, 1.807) is 14.2 Å². The van der Waals surface area contributed by atoms with Crippen LogP contribution < -0.4 is 14.9 Å². The minimum Gasteiger partial charge on any atom is -0.497 e. The van der Waals surface area contributed by atoms with Crippen molar-refractivity contribution in [2.45, 2.75) is 6.92 Å². The molecule has 0 aliphatic rings. The van der Waals surface area contributed by atoms with Crippen molar-refractivity contribution in [3.05, 3.63) is 66.2 Å². The minimum atomic E-state index is 0.825. The van der Waals surface area contributed by atoms with Crippen LogP contribution >= 0.6 is 0 Å². The number of hydrazone groups is 1. The normalized spacial score (nSPS) is 11.4.